The molecule has 2 saturated heterocycles. The van der Waals surface area contributed by atoms with Crippen LogP contribution in [0.15, 0.2) is 73.0 Å². The van der Waals surface area contributed by atoms with Crippen LogP contribution in [0, 0.1) is 0 Å². The Labute approximate surface area is 239 Å². The third-order valence-corrected chi connectivity index (χ3v) is 8.14. The van der Waals surface area contributed by atoms with E-state index in [0.717, 1.165) is 16.3 Å². The predicted octanol–water partition coefficient (Wildman–Crippen LogP) is 6.17. The van der Waals surface area contributed by atoms with Crippen LogP contribution < -0.4 is 19.8 Å². The largest absolute Gasteiger partial charge is 0.489 e. The van der Waals surface area contributed by atoms with Crippen LogP contribution >= 0.6 is 0 Å². The van der Waals surface area contributed by atoms with Gasteiger partial charge in [0.25, 0.3) is 0 Å². The Hall–Kier alpha value is -4.25. The van der Waals surface area contributed by atoms with E-state index in [-0.39, 0.29) is 18.3 Å². The summed E-state index contributed by atoms with van der Waals surface area (Å²) in [5, 5.41) is 2.24. The van der Waals surface area contributed by atoms with Crippen LogP contribution in [0.4, 0.5) is 0 Å². The van der Waals surface area contributed by atoms with Crippen molar-refractivity contribution >= 4 is 39.0 Å². The maximum atomic E-state index is 11.8. The van der Waals surface area contributed by atoms with Crippen LogP contribution in [0.5, 0.6) is 17.2 Å². The molecule has 2 fully saturated rings. The van der Waals surface area contributed by atoms with Crippen LogP contribution in [0.25, 0.3) is 39.0 Å². The van der Waals surface area contributed by atoms with E-state index >= 15 is 0 Å². The molecule has 3 aromatic heterocycles. The lowest BCUT2D eigenvalue weighted by Gasteiger charge is -2.30. The number of rotatable bonds is 6. The molecule has 10 heteroatoms. The average molecular weight is 573 g/mol. The first kappa shape index (κ1) is 25.5. The normalized spacial score (nSPS) is 25.2. The molecule has 0 N–H and O–H groups in total. The van der Waals surface area contributed by atoms with Gasteiger partial charge in [-0.3, -0.25) is 0 Å². The molecule has 0 aliphatic carbocycles. The molecule has 3 aliphatic heterocycles. The van der Waals surface area contributed by atoms with Gasteiger partial charge in [-0.25, -0.2) is 4.79 Å². The van der Waals surface area contributed by atoms with E-state index in [2.05, 4.69) is 0 Å². The third kappa shape index (κ3) is 4.01. The topological polar surface area (TPSA) is 115 Å². The smallest absolute Gasteiger partial charge is 0.350 e. The SMILES string of the molecule is CC1(C)O[C@H]1COc1c2c(cc3occc13)O[C@@]1(C=C2)O[C@H](COc2c3ccoc3cc3oc(=O)ccc23)C(C)(C)O1. The molecule has 5 aromatic rings. The van der Waals surface area contributed by atoms with Gasteiger partial charge < -0.3 is 41.7 Å². The van der Waals surface area contributed by atoms with Gasteiger partial charge in [-0.1, -0.05) is 0 Å². The molecule has 3 atom stereocenters. The van der Waals surface area contributed by atoms with Gasteiger partial charge in [0, 0.05) is 24.3 Å². The number of hydrogen-bond acceptors (Lipinski definition) is 10. The highest BCUT2D eigenvalue weighted by molar-refractivity contribution is 6.01. The van der Waals surface area contributed by atoms with Gasteiger partial charge in [-0.2, -0.15) is 0 Å². The van der Waals surface area contributed by atoms with E-state index in [1.165, 1.54) is 6.07 Å². The zero-order valence-corrected chi connectivity index (χ0v) is 23.4. The van der Waals surface area contributed by atoms with Gasteiger partial charge in [0.1, 0.15) is 59.4 Å². The minimum Gasteiger partial charge on any atom is -0.489 e. The van der Waals surface area contributed by atoms with Crippen LogP contribution in [0.2, 0.25) is 0 Å². The fourth-order valence-corrected chi connectivity index (χ4v) is 5.65. The highest BCUT2D eigenvalue weighted by Crippen LogP contribution is 2.48. The molecule has 0 radical (unpaired) electrons. The molecular weight excluding hydrogens is 544 g/mol. The number of benzene rings is 2. The van der Waals surface area contributed by atoms with E-state index in [9.17, 15) is 4.79 Å². The summed E-state index contributed by atoms with van der Waals surface area (Å²) in [6, 6.07) is 10.2. The van der Waals surface area contributed by atoms with Crippen molar-refractivity contribution < 1.29 is 41.7 Å². The van der Waals surface area contributed by atoms with Crippen molar-refractivity contribution in [1.82, 2.24) is 0 Å². The summed E-state index contributed by atoms with van der Waals surface area (Å²) >= 11 is 0. The van der Waals surface area contributed by atoms with Crippen molar-refractivity contribution in [2.75, 3.05) is 13.2 Å². The van der Waals surface area contributed by atoms with Gasteiger partial charge in [0.15, 0.2) is 0 Å². The summed E-state index contributed by atoms with van der Waals surface area (Å²) < 4.78 is 54.2. The molecule has 6 heterocycles. The van der Waals surface area contributed by atoms with Crippen molar-refractivity contribution in [2.24, 2.45) is 0 Å². The lowest BCUT2D eigenvalue weighted by molar-refractivity contribution is -0.271. The molecule has 0 bridgehead atoms. The predicted molar refractivity (Wildman–Crippen MR) is 151 cm³/mol. The second-order valence-corrected chi connectivity index (χ2v) is 11.8. The monoisotopic (exact) mass is 572 g/mol. The first-order valence-corrected chi connectivity index (χ1v) is 13.8. The number of furan rings is 2. The molecule has 8 rings (SSSR count). The number of fused-ring (bicyclic) bond motifs is 4. The summed E-state index contributed by atoms with van der Waals surface area (Å²) in [6.07, 6.45) is 6.30. The first-order chi connectivity index (χ1) is 20.1. The second-order valence-electron chi connectivity index (χ2n) is 11.8. The minimum atomic E-state index is -1.49. The summed E-state index contributed by atoms with van der Waals surface area (Å²) in [5.41, 5.74) is 0.845. The number of ether oxygens (including phenoxy) is 6. The van der Waals surface area contributed by atoms with Crippen molar-refractivity contribution in [3.8, 4) is 17.2 Å². The molecule has 0 amide bonds. The molecule has 3 aliphatic rings. The number of hydrogen-bond donors (Lipinski definition) is 0. The lowest BCUT2D eigenvalue weighted by atomic mass is 10.0. The molecule has 10 nitrogen and oxygen atoms in total. The van der Waals surface area contributed by atoms with Crippen molar-refractivity contribution in [1.29, 1.82) is 0 Å². The van der Waals surface area contributed by atoms with Crippen LogP contribution in [-0.2, 0) is 14.2 Å². The minimum absolute atomic E-state index is 0.0132. The highest BCUT2D eigenvalue weighted by atomic mass is 16.9. The van der Waals surface area contributed by atoms with Gasteiger partial charge in [0.05, 0.1) is 45.5 Å². The zero-order chi connectivity index (χ0) is 28.9. The van der Waals surface area contributed by atoms with Crippen LogP contribution in [0.3, 0.4) is 0 Å². The summed E-state index contributed by atoms with van der Waals surface area (Å²) in [6.45, 7) is 8.44. The van der Waals surface area contributed by atoms with Crippen molar-refractivity contribution in [2.45, 2.75) is 57.1 Å². The van der Waals surface area contributed by atoms with E-state index in [1.54, 1.807) is 30.7 Å². The van der Waals surface area contributed by atoms with Gasteiger partial charge in [-0.15, -0.1) is 0 Å². The van der Waals surface area contributed by atoms with Crippen LogP contribution in [0.1, 0.15) is 33.3 Å². The fourth-order valence-electron chi connectivity index (χ4n) is 5.65. The maximum Gasteiger partial charge on any atom is 0.350 e. The highest BCUT2D eigenvalue weighted by Gasteiger charge is 2.55. The van der Waals surface area contributed by atoms with E-state index in [1.807, 2.05) is 52.0 Å². The number of epoxide rings is 1. The van der Waals surface area contributed by atoms with Crippen LogP contribution in [-0.4, -0.2) is 42.6 Å². The fraction of sp³-hybridized carbons (Fsp3) is 0.344. The standard InChI is InChI=1S/C32H28O10/c1-30(2)25(40-30)15-36-29-18-7-10-32(39-24(18)14-22-20(29)9-12-35-22)41-26(31(3,4)42-32)16-37-28-17-5-6-27(33)38-23(17)13-21-19(28)8-11-34-21/h5-14,25-26H,15-16H2,1-4H3/t25-,26+,32-/m0/s1. The molecule has 2 aromatic carbocycles. The molecule has 0 saturated carbocycles. The molecule has 1 spiro atoms. The Morgan fingerprint density at radius 2 is 1.40 bits per heavy atom. The summed E-state index contributed by atoms with van der Waals surface area (Å²) in [7, 11) is 0. The van der Waals surface area contributed by atoms with E-state index in [0.29, 0.717) is 46.0 Å². The molecule has 0 unspecified atom stereocenters. The Bertz CT molecular complexity index is 1960. The van der Waals surface area contributed by atoms with E-state index < -0.39 is 23.3 Å². The van der Waals surface area contributed by atoms with Crippen molar-refractivity contribution in [3.05, 3.63) is 71.0 Å². The third-order valence-electron chi connectivity index (χ3n) is 8.14. The first-order valence-electron chi connectivity index (χ1n) is 13.8. The lowest BCUT2D eigenvalue weighted by Crippen LogP contribution is -2.39. The Balaban J connectivity index is 1.08. The molecule has 42 heavy (non-hydrogen) atoms. The quantitative estimate of drug-likeness (QED) is 0.173. The maximum absolute atomic E-state index is 11.8. The summed E-state index contributed by atoms with van der Waals surface area (Å²) in [4.78, 5) is 11.8. The summed E-state index contributed by atoms with van der Waals surface area (Å²) in [5.74, 6) is 0.195. The molecular formula is C32H28O10. The van der Waals surface area contributed by atoms with Gasteiger partial charge in [0.2, 0.25) is 0 Å². The van der Waals surface area contributed by atoms with E-state index in [4.69, 9.17) is 41.7 Å². The average Bonchev–Trinajstić information content (AvgIpc) is 3.35. The zero-order valence-electron chi connectivity index (χ0n) is 23.4. The van der Waals surface area contributed by atoms with Gasteiger partial charge >= 0.3 is 11.6 Å². The molecule has 216 valence electrons. The Morgan fingerprint density at radius 3 is 2.14 bits per heavy atom. The Kier molecular flexibility index (Phi) is 5.23. The second kappa shape index (κ2) is 8.64. The Morgan fingerprint density at radius 1 is 0.762 bits per heavy atom. The van der Waals surface area contributed by atoms with Crippen molar-refractivity contribution in [3.63, 3.8) is 0 Å². The van der Waals surface area contributed by atoms with Gasteiger partial charge in [-0.05, 0) is 52.0 Å².